The number of anilines is 1. The van der Waals surface area contributed by atoms with E-state index in [-0.39, 0.29) is 43.9 Å². The lowest BCUT2D eigenvalue weighted by Crippen LogP contribution is -2.32. The monoisotopic (exact) mass is 586 g/mol. The van der Waals surface area contributed by atoms with Gasteiger partial charge in [0.15, 0.2) is 5.82 Å². The number of nitrogens with one attached hydrogen (secondary N) is 1. The second-order valence-electron chi connectivity index (χ2n) is 10.7. The SMILES string of the molecule is CCCCc1nc2c(N)nc3cc(CNC(=O)CCC(=O)ON4C(=O)CCC4=O)ccc3c2n1Cc1ccc(O)c(C)c1. The van der Waals surface area contributed by atoms with Crippen LogP contribution in [0.2, 0.25) is 0 Å². The summed E-state index contributed by atoms with van der Waals surface area (Å²) in [5.41, 5.74) is 11.2. The molecule has 3 amide bonds. The van der Waals surface area contributed by atoms with Gasteiger partial charge in [0.25, 0.3) is 11.8 Å². The van der Waals surface area contributed by atoms with Gasteiger partial charge in [-0.2, -0.15) is 0 Å². The zero-order chi connectivity index (χ0) is 30.7. The Morgan fingerprint density at radius 2 is 1.79 bits per heavy atom. The molecule has 0 radical (unpaired) electrons. The van der Waals surface area contributed by atoms with E-state index < -0.39 is 17.8 Å². The number of hydrogen-bond acceptors (Lipinski definition) is 9. The van der Waals surface area contributed by atoms with Crippen molar-refractivity contribution in [3.05, 3.63) is 58.9 Å². The number of aromatic hydroxyl groups is 1. The number of unbranched alkanes of at least 4 members (excludes halogenated alkanes) is 1. The number of carbonyl (C=O) groups excluding carboxylic acids is 4. The molecule has 5 rings (SSSR count). The number of imide groups is 1. The van der Waals surface area contributed by atoms with Crippen LogP contribution in [0.25, 0.3) is 21.9 Å². The lowest BCUT2D eigenvalue weighted by Gasteiger charge is -2.13. The summed E-state index contributed by atoms with van der Waals surface area (Å²) >= 11 is 0. The predicted octanol–water partition coefficient (Wildman–Crippen LogP) is 3.58. The molecule has 12 nitrogen and oxygen atoms in total. The molecule has 0 unspecified atom stereocenters. The molecule has 0 saturated carbocycles. The predicted molar refractivity (Wildman–Crippen MR) is 158 cm³/mol. The molecule has 43 heavy (non-hydrogen) atoms. The molecule has 1 fully saturated rings. The van der Waals surface area contributed by atoms with E-state index in [2.05, 4.69) is 21.8 Å². The third-order valence-corrected chi connectivity index (χ3v) is 7.45. The van der Waals surface area contributed by atoms with Gasteiger partial charge in [0, 0.05) is 44.2 Å². The molecular formula is C31H34N6O6. The summed E-state index contributed by atoms with van der Waals surface area (Å²) in [7, 11) is 0. The van der Waals surface area contributed by atoms with Crippen molar-refractivity contribution < 1.29 is 29.1 Å². The highest BCUT2D eigenvalue weighted by atomic mass is 16.7. The largest absolute Gasteiger partial charge is 0.508 e. The quantitative estimate of drug-likeness (QED) is 0.222. The van der Waals surface area contributed by atoms with E-state index in [0.717, 1.165) is 52.7 Å². The second-order valence-corrected chi connectivity index (χ2v) is 10.7. The van der Waals surface area contributed by atoms with Gasteiger partial charge in [-0.25, -0.2) is 14.8 Å². The highest BCUT2D eigenvalue weighted by Crippen LogP contribution is 2.31. The van der Waals surface area contributed by atoms with Crippen LogP contribution in [0.4, 0.5) is 5.82 Å². The Morgan fingerprint density at radius 3 is 2.51 bits per heavy atom. The van der Waals surface area contributed by atoms with E-state index in [0.29, 0.717) is 28.5 Å². The third kappa shape index (κ3) is 6.42. The summed E-state index contributed by atoms with van der Waals surface area (Å²) in [5, 5.41) is 14.1. The first-order chi connectivity index (χ1) is 20.6. The van der Waals surface area contributed by atoms with Gasteiger partial charge in [-0.15, -0.1) is 5.06 Å². The van der Waals surface area contributed by atoms with Gasteiger partial charge < -0.3 is 25.6 Å². The van der Waals surface area contributed by atoms with Gasteiger partial charge in [-0.1, -0.05) is 37.6 Å². The molecule has 1 aliphatic heterocycles. The summed E-state index contributed by atoms with van der Waals surface area (Å²) in [5.74, 6) is -0.874. The number of carbonyl (C=O) groups is 4. The summed E-state index contributed by atoms with van der Waals surface area (Å²) in [6.07, 6.45) is 2.34. The number of hydroxylamine groups is 2. The first kappa shape index (κ1) is 29.5. The van der Waals surface area contributed by atoms with Gasteiger partial charge in [-0.05, 0) is 42.2 Å². The van der Waals surface area contributed by atoms with Crippen LogP contribution in [-0.4, -0.2) is 48.4 Å². The number of nitrogen functional groups attached to an aromatic ring is 1. The van der Waals surface area contributed by atoms with Crippen molar-refractivity contribution in [2.75, 3.05) is 5.73 Å². The van der Waals surface area contributed by atoms with E-state index in [9.17, 15) is 24.3 Å². The molecule has 3 heterocycles. The lowest BCUT2D eigenvalue weighted by atomic mass is 10.1. The first-order valence-corrected chi connectivity index (χ1v) is 14.3. The molecule has 0 bridgehead atoms. The summed E-state index contributed by atoms with van der Waals surface area (Å²) < 4.78 is 2.17. The van der Waals surface area contributed by atoms with Crippen LogP contribution >= 0.6 is 0 Å². The van der Waals surface area contributed by atoms with Crippen LogP contribution in [0, 0.1) is 6.92 Å². The topological polar surface area (TPSA) is 170 Å². The Hall–Kier alpha value is -5.00. The number of aromatic nitrogens is 3. The van der Waals surface area contributed by atoms with Crippen molar-refractivity contribution in [2.24, 2.45) is 0 Å². The van der Waals surface area contributed by atoms with Crippen LogP contribution in [0.5, 0.6) is 5.75 Å². The number of nitrogens with zero attached hydrogens (tertiary/aromatic N) is 4. The average molecular weight is 587 g/mol. The molecule has 1 saturated heterocycles. The Labute approximate surface area is 247 Å². The molecule has 4 aromatic rings. The minimum atomic E-state index is -0.828. The van der Waals surface area contributed by atoms with Gasteiger partial charge >= 0.3 is 5.97 Å². The minimum absolute atomic E-state index is 0.00482. The van der Waals surface area contributed by atoms with E-state index in [1.807, 2.05) is 37.3 Å². The molecule has 0 atom stereocenters. The number of nitrogens with two attached hydrogens (primary N) is 1. The number of pyridine rings is 1. The fourth-order valence-electron chi connectivity index (χ4n) is 5.12. The van der Waals surface area contributed by atoms with Crippen molar-refractivity contribution in [1.29, 1.82) is 0 Å². The second kappa shape index (κ2) is 12.5. The maximum Gasteiger partial charge on any atom is 0.333 e. The summed E-state index contributed by atoms with van der Waals surface area (Å²) in [6.45, 7) is 4.74. The van der Waals surface area contributed by atoms with E-state index in [4.69, 9.17) is 15.6 Å². The number of imidazole rings is 1. The van der Waals surface area contributed by atoms with Crippen molar-refractivity contribution in [2.45, 2.75) is 71.9 Å². The molecule has 12 heteroatoms. The number of phenols is 1. The van der Waals surface area contributed by atoms with Crippen molar-refractivity contribution >= 4 is 51.4 Å². The number of benzene rings is 2. The van der Waals surface area contributed by atoms with Crippen molar-refractivity contribution in [1.82, 2.24) is 24.9 Å². The Bertz CT molecular complexity index is 1730. The van der Waals surface area contributed by atoms with Gasteiger partial charge in [0.2, 0.25) is 5.91 Å². The van der Waals surface area contributed by atoms with Crippen LogP contribution in [0.1, 0.15) is 68.0 Å². The van der Waals surface area contributed by atoms with Crippen molar-refractivity contribution in [3.8, 4) is 5.75 Å². The van der Waals surface area contributed by atoms with E-state index in [1.54, 1.807) is 6.07 Å². The van der Waals surface area contributed by atoms with Gasteiger partial charge in [0.1, 0.15) is 17.1 Å². The Morgan fingerprint density at radius 1 is 1.05 bits per heavy atom. The van der Waals surface area contributed by atoms with Crippen LogP contribution in [-0.2, 0) is 43.5 Å². The smallest absolute Gasteiger partial charge is 0.333 e. The molecule has 0 spiro atoms. The van der Waals surface area contributed by atoms with Crippen LogP contribution in [0.3, 0.4) is 0 Å². The molecule has 2 aromatic heterocycles. The number of rotatable bonds is 11. The maximum atomic E-state index is 12.4. The van der Waals surface area contributed by atoms with Gasteiger partial charge in [0.05, 0.1) is 17.5 Å². The minimum Gasteiger partial charge on any atom is -0.508 e. The maximum absolute atomic E-state index is 12.4. The fourth-order valence-corrected chi connectivity index (χ4v) is 5.12. The lowest BCUT2D eigenvalue weighted by molar-refractivity contribution is -0.197. The molecule has 0 aliphatic carbocycles. The number of aryl methyl sites for hydroxylation is 2. The molecule has 1 aliphatic rings. The van der Waals surface area contributed by atoms with E-state index >= 15 is 0 Å². The molecule has 2 aromatic carbocycles. The summed E-state index contributed by atoms with van der Waals surface area (Å²) in [6, 6.07) is 11.3. The molecule has 224 valence electrons. The zero-order valence-corrected chi connectivity index (χ0v) is 24.2. The van der Waals surface area contributed by atoms with E-state index in [1.165, 1.54) is 0 Å². The highest BCUT2D eigenvalue weighted by Gasteiger charge is 2.32. The number of fused-ring (bicyclic) bond motifs is 3. The summed E-state index contributed by atoms with van der Waals surface area (Å²) in [4.78, 5) is 61.9. The zero-order valence-electron chi connectivity index (χ0n) is 24.2. The third-order valence-electron chi connectivity index (χ3n) is 7.45. The standard InChI is InChI=1S/C31H34N6O6/c1-3-4-5-24-35-29-30(36(24)17-20-7-9-23(38)18(2)14-20)21-8-6-19(15-22(21)34-31(29)32)16-33-25(39)10-13-28(42)43-37-26(40)11-12-27(37)41/h6-9,14-15,38H,3-5,10-13,16-17H2,1-2H3,(H2,32,34)(H,33,39). The Kier molecular flexibility index (Phi) is 8.56. The van der Waals surface area contributed by atoms with Crippen LogP contribution < -0.4 is 11.1 Å². The average Bonchev–Trinajstić information content (AvgIpc) is 3.50. The number of hydrogen-bond donors (Lipinski definition) is 3. The van der Waals surface area contributed by atoms with Crippen LogP contribution in [0.15, 0.2) is 36.4 Å². The normalized spacial score (nSPS) is 13.3. The van der Waals surface area contributed by atoms with Crippen molar-refractivity contribution in [3.63, 3.8) is 0 Å². The Balaban J connectivity index is 1.33. The number of amides is 3. The number of phenolic OH excluding ortho intramolecular Hbond substituents is 1. The first-order valence-electron chi connectivity index (χ1n) is 14.3. The molecule has 4 N–H and O–H groups in total. The fraction of sp³-hybridized carbons (Fsp3) is 0.355. The van der Waals surface area contributed by atoms with Gasteiger partial charge in [-0.3, -0.25) is 14.4 Å². The molecular weight excluding hydrogens is 552 g/mol. The highest BCUT2D eigenvalue weighted by molar-refractivity contribution is 6.07.